The molecule has 34 valence electrons. The van der Waals surface area contributed by atoms with Crippen LogP contribution >= 0.6 is 0 Å². The molecule has 1 aliphatic heterocycles. The van der Waals surface area contributed by atoms with E-state index in [9.17, 15) is 0 Å². The van der Waals surface area contributed by atoms with Crippen LogP contribution in [0.15, 0.2) is 28.0 Å². The van der Waals surface area contributed by atoms with Crippen LogP contribution in [0, 0.1) is 0 Å². The minimum absolute atomic E-state index is 1.47. The summed E-state index contributed by atoms with van der Waals surface area (Å²) in [5, 5.41) is 0. The lowest BCUT2D eigenvalue weighted by Gasteiger charge is -1.62. The lowest BCUT2D eigenvalue weighted by molar-refractivity contribution is 1.58. The summed E-state index contributed by atoms with van der Waals surface area (Å²) in [5.74, 6) is 0. The molecule has 0 fully saturated rings. The number of allylic oxidation sites excluding steroid dienone is 1. The first-order chi connectivity index (χ1) is 3.50. The van der Waals surface area contributed by atoms with Crippen molar-refractivity contribution in [1.29, 1.82) is 0 Å². The Morgan fingerprint density at radius 1 is 1.29 bits per heavy atom. The van der Waals surface area contributed by atoms with Crippen LogP contribution in [0.3, 0.4) is 0 Å². The molecule has 0 aromatic heterocycles. The van der Waals surface area contributed by atoms with Crippen LogP contribution < -0.4 is 0 Å². The van der Waals surface area contributed by atoms with Crippen molar-refractivity contribution in [2.75, 3.05) is 0 Å². The number of nitrogens with zero attached hydrogens (tertiary/aromatic N) is 2. The van der Waals surface area contributed by atoms with Crippen molar-refractivity contribution in [3.05, 3.63) is 18.0 Å². The van der Waals surface area contributed by atoms with E-state index < -0.39 is 0 Å². The van der Waals surface area contributed by atoms with Gasteiger partial charge in [0.15, 0.2) is 0 Å². The van der Waals surface area contributed by atoms with Crippen molar-refractivity contribution in [2.45, 2.75) is 0 Å². The van der Waals surface area contributed by atoms with E-state index in [1.165, 1.54) is 6.34 Å². The molecule has 7 heavy (non-hydrogen) atoms. The standard InChI is InChI=1S/C5H4N2/c1-2-4-7-5-6-3-1/h1,3-5H. The molecule has 0 bridgehead atoms. The van der Waals surface area contributed by atoms with Gasteiger partial charge in [-0.25, -0.2) is 9.98 Å². The first kappa shape index (κ1) is 4.03. The van der Waals surface area contributed by atoms with Crippen LogP contribution in [-0.4, -0.2) is 12.6 Å². The van der Waals surface area contributed by atoms with Crippen molar-refractivity contribution in [1.82, 2.24) is 0 Å². The van der Waals surface area contributed by atoms with Crippen LogP contribution in [0.5, 0.6) is 0 Å². The molecule has 0 saturated carbocycles. The Labute approximate surface area is 41.6 Å². The third kappa shape index (κ3) is 1.16. The molecule has 0 aliphatic carbocycles. The van der Waals surface area contributed by atoms with Gasteiger partial charge in [-0.2, -0.15) is 0 Å². The van der Waals surface area contributed by atoms with Gasteiger partial charge in [0.25, 0.3) is 0 Å². The second kappa shape index (κ2) is 2.11. The molecule has 1 heterocycles. The Morgan fingerprint density at radius 2 is 2.29 bits per heavy atom. The molecule has 0 amide bonds. The summed E-state index contributed by atoms with van der Waals surface area (Å²) >= 11 is 0. The van der Waals surface area contributed by atoms with Crippen molar-refractivity contribution >= 4 is 12.6 Å². The Balaban J connectivity index is 2.86. The fourth-order valence-corrected chi connectivity index (χ4v) is 0.282. The van der Waals surface area contributed by atoms with E-state index in [-0.39, 0.29) is 0 Å². The SMILES string of the molecule is C1=CC=NC=NC=1. The summed E-state index contributed by atoms with van der Waals surface area (Å²) in [4.78, 5) is 7.39. The van der Waals surface area contributed by atoms with Gasteiger partial charge in [0.05, 0.1) is 6.20 Å². The molecule has 1 aliphatic rings. The highest BCUT2D eigenvalue weighted by molar-refractivity contribution is 5.80. The van der Waals surface area contributed by atoms with Gasteiger partial charge in [0, 0.05) is 12.3 Å². The number of rotatable bonds is 0. The second-order valence-electron chi connectivity index (χ2n) is 1.03. The maximum atomic E-state index is 3.70. The van der Waals surface area contributed by atoms with Gasteiger partial charge in [-0.1, -0.05) is 5.73 Å². The third-order valence-corrected chi connectivity index (χ3v) is 0.539. The van der Waals surface area contributed by atoms with Gasteiger partial charge < -0.3 is 0 Å². The average molecular weight is 92.1 g/mol. The van der Waals surface area contributed by atoms with Gasteiger partial charge in [0.1, 0.15) is 6.34 Å². The summed E-state index contributed by atoms with van der Waals surface area (Å²) < 4.78 is 0. The summed E-state index contributed by atoms with van der Waals surface area (Å²) in [6.45, 7) is 0. The largest absolute Gasteiger partial charge is 0.244 e. The predicted octanol–water partition coefficient (Wildman–Crippen LogP) is 0.768. The molecule has 0 saturated heterocycles. The molecule has 0 atom stereocenters. The summed E-state index contributed by atoms with van der Waals surface area (Å²) in [7, 11) is 0. The van der Waals surface area contributed by atoms with Gasteiger partial charge in [-0.15, -0.1) is 0 Å². The Morgan fingerprint density at radius 3 is 3.29 bits per heavy atom. The first-order valence-corrected chi connectivity index (χ1v) is 1.94. The minimum atomic E-state index is 1.47. The third-order valence-electron chi connectivity index (χ3n) is 0.539. The van der Waals surface area contributed by atoms with Crippen LogP contribution in [0.1, 0.15) is 0 Å². The van der Waals surface area contributed by atoms with Crippen molar-refractivity contribution in [3.63, 3.8) is 0 Å². The molecular formula is C5H4N2. The number of aliphatic imine (C=N–C) groups is 2. The predicted molar refractivity (Wildman–Crippen MR) is 29.6 cm³/mol. The maximum Gasteiger partial charge on any atom is 0.116 e. The normalized spacial score (nSPS) is 14.9. The summed E-state index contributed by atoms with van der Waals surface area (Å²) in [6, 6.07) is 0. The van der Waals surface area contributed by atoms with Crippen molar-refractivity contribution in [3.8, 4) is 0 Å². The van der Waals surface area contributed by atoms with E-state index in [0.29, 0.717) is 0 Å². The van der Waals surface area contributed by atoms with Crippen LogP contribution in [0.4, 0.5) is 0 Å². The lowest BCUT2D eigenvalue weighted by atomic mass is 10.6. The molecule has 0 aromatic carbocycles. The zero-order valence-electron chi connectivity index (χ0n) is 3.70. The molecular weight excluding hydrogens is 88.1 g/mol. The summed E-state index contributed by atoms with van der Waals surface area (Å²) in [6.07, 6.45) is 6.36. The topological polar surface area (TPSA) is 24.7 Å². The fourth-order valence-electron chi connectivity index (χ4n) is 0.282. The van der Waals surface area contributed by atoms with E-state index in [1.807, 2.05) is 0 Å². The smallest absolute Gasteiger partial charge is 0.116 e. The lowest BCUT2D eigenvalue weighted by Crippen LogP contribution is -1.60. The maximum absolute atomic E-state index is 3.70. The van der Waals surface area contributed by atoms with Gasteiger partial charge in [-0.05, 0) is 0 Å². The average Bonchev–Trinajstić information content (AvgIpc) is 1.90. The summed E-state index contributed by atoms with van der Waals surface area (Å²) in [5.41, 5.74) is 2.75. The molecule has 0 aromatic rings. The highest BCUT2D eigenvalue weighted by atomic mass is 14.8. The number of hydrogen-bond donors (Lipinski definition) is 0. The molecule has 0 radical (unpaired) electrons. The van der Waals surface area contributed by atoms with Gasteiger partial charge in [-0.3, -0.25) is 0 Å². The second-order valence-corrected chi connectivity index (χ2v) is 1.03. The van der Waals surface area contributed by atoms with Gasteiger partial charge in [0.2, 0.25) is 0 Å². The fraction of sp³-hybridized carbons (Fsp3) is 0. The Kier molecular flexibility index (Phi) is 1.21. The monoisotopic (exact) mass is 92.0 g/mol. The highest BCUT2D eigenvalue weighted by Gasteiger charge is 1.63. The Bertz CT molecular complexity index is 143. The van der Waals surface area contributed by atoms with Crippen LogP contribution in [-0.2, 0) is 0 Å². The van der Waals surface area contributed by atoms with E-state index in [0.717, 1.165) is 0 Å². The zero-order chi connectivity index (χ0) is 4.95. The number of hydrogen-bond acceptors (Lipinski definition) is 2. The molecule has 1 rings (SSSR count). The minimum Gasteiger partial charge on any atom is -0.244 e. The highest BCUT2D eigenvalue weighted by Crippen LogP contribution is 1.73. The molecule has 0 N–H and O–H groups in total. The molecule has 0 unspecified atom stereocenters. The van der Waals surface area contributed by atoms with Crippen LogP contribution in [0.25, 0.3) is 0 Å². The van der Waals surface area contributed by atoms with Crippen LogP contribution in [0.2, 0.25) is 0 Å². The Hall–Kier alpha value is -1.14. The van der Waals surface area contributed by atoms with Crippen molar-refractivity contribution < 1.29 is 0 Å². The first-order valence-electron chi connectivity index (χ1n) is 1.94. The zero-order valence-corrected chi connectivity index (χ0v) is 3.70. The van der Waals surface area contributed by atoms with Crippen molar-refractivity contribution in [2.24, 2.45) is 9.98 Å². The van der Waals surface area contributed by atoms with E-state index in [4.69, 9.17) is 0 Å². The molecule has 2 heteroatoms. The van der Waals surface area contributed by atoms with E-state index >= 15 is 0 Å². The van der Waals surface area contributed by atoms with Gasteiger partial charge >= 0.3 is 0 Å². The van der Waals surface area contributed by atoms with E-state index in [1.54, 1.807) is 18.5 Å². The molecule has 2 nitrogen and oxygen atoms in total. The van der Waals surface area contributed by atoms with E-state index in [2.05, 4.69) is 15.7 Å². The molecule has 0 spiro atoms. The quantitative estimate of drug-likeness (QED) is 0.394.